The Morgan fingerprint density at radius 3 is 2.81 bits per heavy atom. The molecule has 4 nitrogen and oxygen atoms in total. The van der Waals surface area contributed by atoms with Crippen LogP contribution in [0.2, 0.25) is 0 Å². The van der Waals surface area contributed by atoms with E-state index in [1.54, 1.807) is 18.2 Å². The molecule has 1 aromatic carbocycles. The van der Waals surface area contributed by atoms with Crippen molar-refractivity contribution in [3.63, 3.8) is 0 Å². The second-order valence-corrected chi connectivity index (χ2v) is 4.96. The number of hydrogen-bond acceptors (Lipinski definition) is 3. The lowest BCUT2D eigenvalue weighted by Crippen LogP contribution is -2.19. The number of rotatable bonds is 4. The average Bonchev–Trinajstić information content (AvgIpc) is 2.56. The van der Waals surface area contributed by atoms with Gasteiger partial charge in [-0.3, -0.25) is 4.79 Å². The van der Waals surface area contributed by atoms with E-state index in [0.717, 1.165) is 5.56 Å². The third kappa shape index (κ3) is 4.71. The van der Waals surface area contributed by atoms with Crippen LogP contribution in [0.15, 0.2) is 18.2 Å². The van der Waals surface area contributed by atoms with E-state index in [0.29, 0.717) is 30.5 Å². The maximum Gasteiger partial charge on any atom is 0.411 e. The fraction of sp³-hybridized carbons (Fsp3) is 0.500. The Kier molecular flexibility index (Phi) is 4.84. The van der Waals surface area contributed by atoms with Gasteiger partial charge in [-0.1, -0.05) is 12.1 Å². The lowest BCUT2D eigenvalue weighted by atomic mass is 10.0. The predicted molar refractivity (Wildman–Crippen MR) is 69.8 cm³/mol. The van der Waals surface area contributed by atoms with Gasteiger partial charge in [0.2, 0.25) is 5.91 Å². The summed E-state index contributed by atoms with van der Waals surface area (Å²) < 4.78 is 40.4. The van der Waals surface area contributed by atoms with E-state index in [4.69, 9.17) is 0 Å². The first-order valence-corrected chi connectivity index (χ1v) is 6.60. The van der Waals surface area contributed by atoms with Gasteiger partial charge in [-0.25, -0.2) is 0 Å². The van der Waals surface area contributed by atoms with Gasteiger partial charge in [-0.05, 0) is 30.0 Å². The highest BCUT2D eigenvalue weighted by molar-refractivity contribution is 5.92. The third-order valence-corrected chi connectivity index (χ3v) is 3.18. The highest BCUT2D eigenvalue weighted by Crippen LogP contribution is 2.26. The van der Waals surface area contributed by atoms with Crippen LogP contribution in [0.5, 0.6) is 0 Å². The zero-order valence-corrected chi connectivity index (χ0v) is 11.2. The van der Waals surface area contributed by atoms with E-state index in [-0.39, 0.29) is 5.91 Å². The number of hydrogen-bond donors (Lipinski definition) is 2. The maximum atomic E-state index is 12.0. The van der Waals surface area contributed by atoms with Crippen molar-refractivity contribution in [2.45, 2.75) is 31.5 Å². The van der Waals surface area contributed by atoms with Crippen LogP contribution in [0.25, 0.3) is 0 Å². The van der Waals surface area contributed by atoms with Crippen molar-refractivity contribution in [1.82, 2.24) is 0 Å². The number of fused-ring (bicyclic) bond motifs is 1. The number of anilines is 1. The smallest absolute Gasteiger partial charge is 0.386 e. The van der Waals surface area contributed by atoms with Crippen LogP contribution in [0.4, 0.5) is 18.9 Å². The molecule has 0 aromatic heterocycles. The Bertz CT molecular complexity index is 517. The first-order chi connectivity index (χ1) is 9.85. The van der Waals surface area contributed by atoms with Crippen molar-refractivity contribution in [3.8, 4) is 0 Å². The average molecular weight is 303 g/mol. The van der Waals surface area contributed by atoms with Crippen LogP contribution in [-0.2, 0) is 16.0 Å². The number of halogens is 3. The van der Waals surface area contributed by atoms with Crippen molar-refractivity contribution in [3.05, 3.63) is 29.3 Å². The van der Waals surface area contributed by atoms with Gasteiger partial charge in [0.05, 0.1) is 6.61 Å². The normalized spacial score (nSPS) is 16.9. The molecule has 0 aliphatic carbocycles. The molecule has 0 radical (unpaired) electrons. The second-order valence-electron chi connectivity index (χ2n) is 4.96. The van der Waals surface area contributed by atoms with E-state index in [1.165, 1.54) is 0 Å². The summed E-state index contributed by atoms with van der Waals surface area (Å²) in [5.74, 6) is -0.0597. The summed E-state index contributed by atoms with van der Waals surface area (Å²) in [5.41, 5.74) is 2.03. The molecule has 1 aliphatic rings. The van der Waals surface area contributed by atoms with Gasteiger partial charge in [-0.2, -0.15) is 13.2 Å². The number of nitrogens with one attached hydrogen (secondary N) is 1. The number of carbonyl (C=O) groups is 1. The van der Waals surface area contributed by atoms with Crippen molar-refractivity contribution in [2.24, 2.45) is 0 Å². The summed E-state index contributed by atoms with van der Waals surface area (Å²) in [4.78, 5) is 11.4. The van der Waals surface area contributed by atoms with Gasteiger partial charge in [0, 0.05) is 12.1 Å². The fourth-order valence-corrected chi connectivity index (χ4v) is 2.18. The van der Waals surface area contributed by atoms with Crippen LogP contribution in [0.1, 0.15) is 30.1 Å². The van der Waals surface area contributed by atoms with Crippen LogP contribution >= 0.6 is 0 Å². The third-order valence-electron chi connectivity index (χ3n) is 3.18. The Morgan fingerprint density at radius 1 is 1.33 bits per heavy atom. The molecule has 21 heavy (non-hydrogen) atoms. The maximum absolute atomic E-state index is 12.0. The lowest BCUT2D eigenvalue weighted by Gasteiger charge is -2.15. The molecule has 0 saturated carbocycles. The summed E-state index contributed by atoms with van der Waals surface area (Å²) in [6.07, 6.45) is -3.73. The van der Waals surface area contributed by atoms with Gasteiger partial charge in [0.15, 0.2) is 0 Å². The zero-order chi connectivity index (χ0) is 15.5. The topological polar surface area (TPSA) is 58.6 Å². The first-order valence-electron chi connectivity index (χ1n) is 6.60. The highest BCUT2D eigenvalue weighted by atomic mass is 19.4. The van der Waals surface area contributed by atoms with Crippen LogP contribution in [0, 0.1) is 0 Å². The zero-order valence-electron chi connectivity index (χ0n) is 11.2. The fourth-order valence-electron chi connectivity index (χ4n) is 2.18. The molecule has 116 valence electrons. The molecule has 7 heteroatoms. The monoisotopic (exact) mass is 303 g/mol. The molecule has 2 rings (SSSR count). The van der Waals surface area contributed by atoms with Gasteiger partial charge in [-0.15, -0.1) is 0 Å². The number of aliphatic hydroxyl groups excluding tert-OH is 1. The quantitative estimate of drug-likeness (QED) is 0.899. The molecule has 2 N–H and O–H groups in total. The summed E-state index contributed by atoms with van der Waals surface area (Å²) in [5, 5.41) is 12.6. The van der Waals surface area contributed by atoms with Gasteiger partial charge < -0.3 is 15.2 Å². The number of aliphatic hydroxyl groups is 1. The standard InChI is InChI=1S/C14H16F3NO3/c15-14(16,17)8-21-7-12(19)10-4-5-11-9(6-10)2-1-3-13(20)18-11/h4-6,12,19H,1-3,7-8H2,(H,18,20). The second kappa shape index (κ2) is 6.44. The van der Waals surface area contributed by atoms with Crippen molar-refractivity contribution < 1.29 is 27.8 Å². The molecule has 1 aliphatic heterocycles. The van der Waals surface area contributed by atoms with E-state index in [2.05, 4.69) is 10.1 Å². The Balaban J connectivity index is 2.00. The van der Waals surface area contributed by atoms with Crippen molar-refractivity contribution >= 4 is 11.6 Å². The van der Waals surface area contributed by atoms with Crippen molar-refractivity contribution in [2.75, 3.05) is 18.5 Å². The SMILES string of the molecule is O=C1CCCc2cc(C(O)COCC(F)(F)F)ccc2N1. The molecule has 0 bridgehead atoms. The number of amides is 1. The largest absolute Gasteiger partial charge is 0.411 e. The Labute approximate surface area is 119 Å². The summed E-state index contributed by atoms with van der Waals surface area (Å²) in [6, 6.07) is 4.93. The molecular formula is C14H16F3NO3. The molecule has 1 heterocycles. The number of benzene rings is 1. The van der Waals surface area contributed by atoms with Crippen molar-refractivity contribution in [1.29, 1.82) is 0 Å². The van der Waals surface area contributed by atoms with E-state index >= 15 is 0 Å². The predicted octanol–water partition coefficient (Wildman–Crippen LogP) is 2.57. The minimum Gasteiger partial charge on any atom is -0.386 e. The Morgan fingerprint density at radius 2 is 2.10 bits per heavy atom. The molecule has 0 saturated heterocycles. The van der Waals surface area contributed by atoms with Gasteiger partial charge in [0.1, 0.15) is 12.7 Å². The van der Waals surface area contributed by atoms with E-state index < -0.39 is 25.5 Å². The van der Waals surface area contributed by atoms with Crippen LogP contribution in [0.3, 0.4) is 0 Å². The van der Waals surface area contributed by atoms with Gasteiger partial charge >= 0.3 is 6.18 Å². The Hall–Kier alpha value is -1.60. The first kappa shape index (κ1) is 15.8. The molecule has 1 unspecified atom stereocenters. The molecule has 1 atom stereocenters. The minimum atomic E-state index is -4.40. The van der Waals surface area contributed by atoms with E-state index in [1.807, 2.05) is 0 Å². The molecule has 1 amide bonds. The van der Waals surface area contributed by atoms with Crippen LogP contribution < -0.4 is 5.32 Å². The van der Waals surface area contributed by atoms with Crippen LogP contribution in [-0.4, -0.2) is 30.4 Å². The summed E-state index contributed by atoms with van der Waals surface area (Å²) in [6.45, 7) is -1.81. The summed E-state index contributed by atoms with van der Waals surface area (Å²) in [7, 11) is 0. The number of ether oxygens (including phenoxy) is 1. The molecule has 1 aromatic rings. The minimum absolute atomic E-state index is 0.0597. The van der Waals surface area contributed by atoms with Gasteiger partial charge in [0.25, 0.3) is 0 Å². The number of aryl methyl sites for hydroxylation is 1. The summed E-state index contributed by atoms with van der Waals surface area (Å²) >= 11 is 0. The highest BCUT2D eigenvalue weighted by Gasteiger charge is 2.28. The molecule has 0 spiro atoms. The number of alkyl halides is 3. The lowest BCUT2D eigenvalue weighted by molar-refractivity contribution is -0.179. The van der Waals surface area contributed by atoms with E-state index in [9.17, 15) is 23.1 Å². The molecular weight excluding hydrogens is 287 g/mol. The number of carbonyl (C=O) groups excluding carboxylic acids is 1. The molecule has 0 fully saturated rings.